The Hall–Kier alpha value is -2.78. The van der Waals surface area contributed by atoms with Gasteiger partial charge in [-0.3, -0.25) is 0 Å². The van der Waals surface area contributed by atoms with Gasteiger partial charge in [0.1, 0.15) is 11.5 Å². The van der Waals surface area contributed by atoms with E-state index >= 15 is 0 Å². The van der Waals surface area contributed by atoms with Gasteiger partial charge in [-0.1, -0.05) is 82.3 Å². The van der Waals surface area contributed by atoms with Crippen molar-refractivity contribution in [2.24, 2.45) is 0 Å². The first-order valence-corrected chi connectivity index (χ1v) is 11.6. The third-order valence-corrected chi connectivity index (χ3v) is 5.91. The van der Waals surface area contributed by atoms with Crippen molar-refractivity contribution in [1.82, 2.24) is 0 Å². The van der Waals surface area contributed by atoms with Crippen molar-refractivity contribution in [3.8, 4) is 11.5 Å². The standard InChI is InChI=1S/C19H24O2.C10H14O/c1-4-15(2)17-10-12-18(13-11-17)21-19(20-3)14-16-8-6-5-7-9-16;1-3-8(2)9-4-6-10(11)7-5-9/h5-13,15,19H,4,14H2,1-3H3;4-8,11H,3H2,1-2H3. The van der Waals surface area contributed by atoms with Crippen LogP contribution in [0.2, 0.25) is 0 Å². The molecular formula is C29H38O3. The summed E-state index contributed by atoms with van der Waals surface area (Å²) < 4.78 is 11.3. The van der Waals surface area contributed by atoms with E-state index in [-0.39, 0.29) is 6.29 Å². The molecule has 0 bridgehead atoms. The molecule has 3 aromatic carbocycles. The number of hydrogen-bond donors (Lipinski definition) is 1. The van der Waals surface area contributed by atoms with E-state index in [0.717, 1.165) is 25.0 Å². The highest BCUT2D eigenvalue weighted by atomic mass is 16.7. The normalized spacial score (nSPS) is 13.4. The molecule has 0 heterocycles. The molecule has 0 spiro atoms. The van der Waals surface area contributed by atoms with Gasteiger partial charge in [-0.05, 0) is 65.6 Å². The minimum atomic E-state index is -0.262. The molecule has 3 unspecified atom stereocenters. The second-order valence-electron chi connectivity index (χ2n) is 8.25. The van der Waals surface area contributed by atoms with Crippen LogP contribution < -0.4 is 4.74 Å². The number of aromatic hydroxyl groups is 1. The molecule has 0 aliphatic heterocycles. The average Bonchev–Trinajstić information content (AvgIpc) is 2.84. The fraction of sp³-hybridized carbons (Fsp3) is 0.379. The molecule has 0 aromatic heterocycles. The van der Waals surface area contributed by atoms with Gasteiger partial charge >= 0.3 is 0 Å². The van der Waals surface area contributed by atoms with Crippen LogP contribution in [-0.4, -0.2) is 18.5 Å². The van der Waals surface area contributed by atoms with Crippen molar-refractivity contribution in [3.05, 3.63) is 95.6 Å². The first-order chi connectivity index (χ1) is 15.5. The van der Waals surface area contributed by atoms with Gasteiger partial charge in [0, 0.05) is 13.5 Å². The lowest BCUT2D eigenvalue weighted by molar-refractivity contribution is -0.0519. The van der Waals surface area contributed by atoms with Gasteiger partial charge in [-0.25, -0.2) is 0 Å². The average molecular weight is 435 g/mol. The minimum absolute atomic E-state index is 0.262. The monoisotopic (exact) mass is 434 g/mol. The molecule has 32 heavy (non-hydrogen) atoms. The Morgan fingerprint density at radius 2 is 1.22 bits per heavy atom. The molecule has 1 N–H and O–H groups in total. The molecule has 0 fully saturated rings. The van der Waals surface area contributed by atoms with E-state index in [2.05, 4.69) is 52.0 Å². The van der Waals surface area contributed by atoms with Gasteiger partial charge in [0.25, 0.3) is 0 Å². The van der Waals surface area contributed by atoms with Crippen LogP contribution in [0, 0.1) is 0 Å². The van der Waals surface area contributed by atoms with E-state index < -0.39 is 0 Å². The van der Waals surface area contributed by atoms with Crippen molar-refractivity contribution in [1.29, 1.82) is 0 Å². The third-order valence-electron chi connectivity index (χ3n) is 5.91. The summed E-state index contributed by atoms with van der Waals surface area (Å²) in [4.78, 5) is 0. The van der Waals surface area contributed by atoms with E-state index in [1.165, 1.54) is 16.7 Å². The van der Waals surface area contributed by atoms with E-state index in [4.69, 9.17) is 14.6 Å². The van der Waals surface area contributed by atoms with Crippen LogP contribution in [0.25, 0.3) is 0 Å². The van der Waals surface area contributed by atoms with E-state index in [1.54, 1.807) is 19.2 Å². The Bertz CT molecular complexity index is 873. The molecule has 3 atom stereocenters. The highest BCUT2D eigenvalue weighted by Crippen LogP contribution is 2.23. The summed E-state index contributed by atoms with van der Waals surface area (Å²) in [7, 11) is 1.68. The Balaban J connectivity index is 0.000000278. The quantitative estimate of drug-likeness (QED) is 0.351. The Labute approximate surface area is 194 Å². The molecule has 3 rings (SSSR count). The molecular weight excluding hydrogens is 396 g/mol. The molecule has 0 amide bonds. The number of phenols is 1. The fourth-order valence-corrected chi connectivity index (χ4v) is 3.28. The fourth-order valence-electron chi connectivity index (χ4n) is 3.28. The summed E-state index contributed by atoms with van der Waals surface area (Å²) in [6.45, 7) is 8.79. The zero-order chi connectivity index (χ0) is 23.3. The predicted molar refractivity (Wildman–Crippen MR) is 134 cm³/mol. The Morgan fingerprint density at radius 1 is 0.719 bits per heavy atom. The summed E-state index contributed by atoms with van der Waals surface area (Å²) in [5, 5.41) is 9.01. The first kappa shape index (κ1) is 25.5. The van der Waals surface area contributed by atoms with Crippen LogP contribution in [0.4, 0.5) is 0 Å². The van der Waals surface area contributed by atoms with Gasteiger partial charge < -0.3 is 14.6 Å². The van der Waals surface area contributed by atoms with Gasteiger partial charge in [0.15, 0.2) is 0 Å². The van der Waals surface area contributed by atoms with Crippen LogP contribution in [-0.2, 0) is 11.2 Å². The molecule has 3 heteroatoms. The molecule has 0 aliphatic rings. The summed E-state index contributed by atoms with van der Waals surface area (Å²) in [6, 6.07) is 26.0. The number of phenolic OH excluding ortho intramolecular Hbond substituents is 1. The number of benzene rings is 3. The van der Waals surface area contributed by atoms with E-state index in [9.17, 15) is 0 Å². The van der Waals surface area contributed by atoms with Crippen molar-refractivity contribution < 1.29 is 14.6 Å². The van der Waals surface area contributed by atoms with E-state index in [1.807, 2.05) is 42.5 Å². The van der Waals surface area contributed by atoms with Crippen molar-refractivity contribution in [3.63, 3.8) is 0 Å². The lowest BCUT2D eigenvalue weighted by Gasteiger charge is -2.18. The van der Waals surface area contributed by atoms with Crippen LogP contribution in [0.3, 0.4) is 0 Å². The molecule has 0 aliphatic carbocycles. The molecule has 3 aromatic rings. The maximum atomic E-state index is 9.01. The Morgan fingerprint density at radius 3 is 1.69 bits per heavy atom. The van der Waals surface area contributed by atoms with Crippen LogP contribution in [0.1, 0.15) is 69.1 Å². The first-order valence-electron chi connectivity index (χ1n) is 11.6. The van der Waals surface area contributed by atoms with Crippen LogP contribution in [0.15, 0.2) is 78.9 Å². The summed E-state index contributed by atoms with van der Waals surface area (Å²) in [6.07, 6.45) is 2.77. The Kier molecular flexibility index (Phi) is 10.8. The number of rotatable bonds is 9. The number of ether oxygens (including phenoxy) is 2. The van der Waals surface area contributed by atoms with E-state index in [0.29, 0.717) is 17.6 Å². The topological polar surface area (TPSA) is 38.7 Å². The van der Waals surface area contributed by atoms with Gasteiger partial charge in [0.05, 0.1) is 0 Å². The number of hydrogen-bond acceptors (Lipinski definition) is 3. The molecule has 0 saturated heterocycles. The molecule has 3 nitrogen and oxygen atoms in total. The van der Waals surface area contributed by atoms with Crippen molar-refractivity contribution in [2.75, 3.05) is 7.11 Å². The van der Waals surface area contributed by atoms with Crippen molar-refractivity contribution >= 4 is 0 Å². The second kappa shape index (κ2) is 13.6. The van der Waals surface area contributed by atoms with Crippen LogP contribution >= 0.6 is 0 Å². The third kappa shape index (κ3) is 8.39. The number of methoxy groups -OCH3 is 1. The van der Waals surface area contributed by atoms with Crippen LogP contribution in [0.5, 0.6) is 11.5 Å². The second-order valence-corrected chi connectivity index (χ2v) is 8.25. The lowest BCUT2D eigenvalue weighted by atomic mass is 9.99. The zero-order valence-corrected chi connectivity index (χ0v) is 20.1. The summed E-state index contributed by atoms with van der Waals surface area (Å²) in [5.74, 6) is 2.37. The smallest absolute Gasteiger partial charge is 0.203 e. The summed E-state index contributed by atoms with van der Waals surface area (Å²) in [5.41, 5.74) is 3.85. The maximum absolute atomic E-state index is 9.01. The predicted octanol–water partition coefficient (Wildman–Crippen LogP) is 7.70. The highest BCUT2D eigenvalue weighted by molar-refractivity contribution is 5.29. The largest absolute Gasteiger partial charge is 0.508 e. The highest BCUT2D eigenvalue weighted by Gasteiger charge is 2.11. The molecule has 0 radical (unpaired) electrons. The van der Waals surface area contributed by atoms with Gasteiger partial charge in [-0.15, -0.1) is 0 Å². The maximum Gasteiger partial charge on any atom is 0.203 e. The van der Waals surface area contributed by atoms with Gasteiger partial charge in [-0.2, -0.15) is 0 Å². The zero-order valence-electron chi connectivity index (χ0n) is 20.1. The SMILES string of the molecule is CCC(C)c1ccc(O)cc1.CCC(C)c1ccc(OC(Cc2ccccc2)OC)cc1. The molecule has 172 valence electrons. The summed E-state index contributed by atoms with van der Waals surface area (Å²) >= 11 is 0. The van der Waals surface area contributed by atoms with Gasteiger partial charge in [0.2, 0.25) is 6.29 Å². The minimum Gasteiger partial charge on any atom is -0.508 e. The molecule has 0 saturated carbocycles. The van der Waals surface area contributed by atoms with Crippen molar-refractivity contribution in [2.45, 2.75) is 65.1 Å². The lowest BCUT2D eigenvalue weighted by Crippen LogP contribution is -2.21.